The number of ether oxygens (including phenoxy) is 1. The fourth-order valence-corrected chi connectivity index (χ4v) is 2.71. The van der Waals surface area contributed by atoms with Crippen LogP contribution in [0.3, 0.4) is 0 Å². The van der Waals surface area contributed by atoms with Gasteiger partial charge in [-0.3, -0.25) is 9.59 Å². The molecule has 0 aliphatic rings. The first kappa shape index (κ1) is 23.4. The molecule has 1 heterocycles. The molecule has 0 bridgehead atoms. The molecule has 3 N–H and O–H groups in total. The van der Waals surface area contributed by atoms with Crippen molar-refractivity contribution in [3.8, 4) is 0 Å². The van der Waals surface area contributed by atoms with Gasteiger partial charge in [-0.05, 0) is 37.0 Å². The SMILES string of the molecule is CC(C)(C)OC(=O)N[C@@H](Cc1ccccc1)C(=O)N[C@@H](Cc1cnc[nH]1)C(=O)N=[N+]=[N-]. The molecule has 2 rings (SSSR count). The van der Waals surface area contributed by atoms with Crippen LogP contribution in [-0.2, 0) is 27.2 Å². The Bertz CT molecular complexity index is 932. The zero-order chi connectivity index (χ0) is 22.9. The summed E-state index contributed by atoms with van der Waals surface area (Å²) in [5, 5.41) is 8.20. The van der Waals surface area contributed by atoms with E-state index in [9.17, 15) is 14.4 Å². The number of alkyl carbamates (subject to hydrolysis) is 1. The predicted molar refractivity (Wildman–Crippen MR) is 112 cm³/mol. The third-order valence-electron chi connectivity index (χ3n) is 4.03. The number of azide groups is 1. The molecule has 0 saturated carbocycles. The summed E-state index contributed by atoms with van der Waals surface area (Å²) in [6.07, 6.45) is 2.35. The van der Waals surface area contributed by atoms with E-state index in [4.69, 9.17) is 10.3 Å². The maximum absolute atomic E-state index is 13.0. The highest BCUT2D eigenvalue weighted by Crippen LogP contribution is 2.10. The number of rotatable bonds is 8. The lowest BCUT2D eigenvalue weighted by atomic mass is 10.0. The monoisotopic (exact) mass is 427 g/mol. The molecule has 2 atom stereocenters. The second kappa shape index (κ2) is 10.8. The Balaban J connectivity index is 2.20. The van der Waals surface area contributed by atoms with Gasteiger partial charge in [-0.2, -0.15) is 0 Å². The van der Waals surface area contributed by atoms with E-state index in [-0.39, 0.29) is 12.8 Å². The van der Waals surface area contributed by atoms with Crippen LogP contribution in [0, 0.1) is 0 Å². The Morgan fingerprint density at radius 1 is 1.16 bits per heavy atom. The van der Waals surface area contributed by atoms with E-state index in [1.54, 1.807) is 20.8 Å². The first-order valence-corrected chi connectivity index (χ1v) is 9.58. The fourth-order valence-electron chi connectivity index (χ4n) is 2.71. The highest BCUT2D eigenvalue weighted by molar-refractivity contribution is 5.91. The standard InChI is InChI=1S/C20H25N7O4/c1-20(2,3)31-19(30)25-15(9-13-7-5-4-6-8-13)17(28)24-16(18(29)26-27-21)10-14-11-22-12-23-14/h4-8,11-12,15-16H,9-10H2,1-3H3,(H,22,23)(H,24,28)(H,25,30)/t15-,16-/m0/s1. The number of benzene rings is 1. The first-order valence-electron chi connectivity index (χ1n) is 9.58. The number of hydrogen-bond acceptors (Lipinski definition) is 5. The van der Waals surface area contributed by atoms with E-state index in [2.05, 4.69) is 30.6 Å². The largest absolute Gasteiger partial charge is 0.444 e. The van der Waals surface area contributed by atoms with E-state index in [0.717, 1.165) is 5.56 Å². The number of H-pyrrole nitrogens is 1. The normalized spacial score (nSPS) is 12.7. The van der Waals surface area contributed by atoms with Gasteiger partial charge in [0.2, 0.25) is 11.8 Å². The van der Waals surface area contributed by atoms with Crippen LogP contribution in [0.15, 0.2) is 48.0 Å². The Hall–Kier alpha value is -3.85. The maximum Gasteiger partial charge on any atom is 0.408 e. The van der Waals surface area contributed by atoms with E-state index in [1.165, 1.54) is 12.5 Å². The summed E-state index contributed by atoms with van der Waals surface area (Å²) < 4.78 is 5.26. The van der Waals surface area contributed by atoms with Gasteiger partial charge in [-0.1, -0.05) is 30.3 Å². The highest BCUT2D eigenvalue weighted by atomic mass is 16.6. The van der Waals surface area contributed by atoms with Crippen LogP contribution in [0.1, 0.15) is 32.0 Å². The molecule has 164 valence electrons. The molecular formula is C20H25N7O4. The van der Waals surface area contributed by atoms with Crippen molar-refractivity contribution >= 4 is 17.9 Å². The number of hydrogen-bond donors (Lipinski definition) is 3. The van der Waals surface area contributed by atoms with Gasteiger partial charge in [0.25, 0.3) is 0 Å². The molecule has 0 radical (unpaired) electrons. The van der Waals surface area contributed by atoms with Crippen molar-refractivity contribution in [1.29, 1.82) is 0 Å². The number of aromatic amines is 1. The number of aromatic nitrogens is 2. The summed E-state index contributed by atoms with van der Waals surface area (Å²) in [5.74, 6) is -1.48. The van der Waals surface area contributed by atoms with Crippen LogP contribution in [0.4, 0.5) is 4.79 Å². The minimum absolute atomic E-state index is 0.0358. The number of carbonyl (C=O) groups excluding carboxylic acids is 3. The Labute approximate surface area is 179 Å². The number of nitrogens with zero attached hydrogens (tertiary/aromatic N) is 4. The van der Waals surface area contributed by atoms with Gasteiger partial charge in [0, 0.05) is 29.6 Å². The number of imidazole rings is 1. The fraction of sp³-hybridized carbons (Fsp3) is 0.400. The summed E-state index contributed by atoms with van der Waals surface area (Å²) in [6.45, 7) is 5.12. The second-order valence-electron chi connectivity index (χ2n) is 7.76. The van der Waals surface area contributed by atoms with E-state index in [1.807, 2.05) is 30.3 Å². The third-order valence-corrected chi connectivity index (χ3v) is 4.03. The van der Waals surface area contributed by atoms with Gasteiger partial charge >= 0.3 is 6.09 Å². The van der Waals surface area contributed by atoms with Crippen molar-refractivity contribution in [1.82, 2.24) is 20.6 Å². The zero-order valence-corrected chi connectivity index (χ0v) is 17.5. The van der Waals surface area contributed by atoms with Crippen LogP contribution in [0.25, 0.3) is 10.4 Å². The molecule has 11 heteroatoms. The van der Waals surface area contributed by atoms with Crippen molar-refractivity contribution in [2.45, 2.75) is 51.3 Å². The van der Waals surface area contributed by atoms with Crippen molar-refractivity contribution in [2.75, 3.05) is 0 Å². The lowest BCUT2D eigenvalue weighted by Crippen LogP contribution is -2.53. The molecule has 11 nitrogen and oxygen atoms in total. The Morgan fingerprint density at radius 2 is 1.87 bits per heavy atom. The minimum atomic E-state index is -1.14. The van der Waals surface area contributed by atoms with E-state index >= 15 is 0 Å². The van der Waals surface area contributed by atoms with Crippen LogP contribution in [0.2, 0.25) is 0 Å². The highest BCUT2D eigenvalue weighted by Gasteiger charge is 2.28. The minimum Gasteiger partial charge on any atom is -0.444 e. The molecule has 0 saturated heterocycles. The summed E-state index contributed by atoms with van der Waals surface area (Å²) >= 11 is 0. The zero-order valence-electron chi connectivity index (χ0n) is 17.5. The Kier molecular flexibility index (Phi) is 8.16. The molecule has 0 spiro atoms. The maximum atomic E-state index is 13.0. The van der Waals surface area contributed by atoms with Gasteiger partial charge < -0.3 is 20.4 Å². The lowest BCUT2D eigenvalue weighted by Gasteiger charge is -2.24. The lowest BCUT2D eigenvalue weighted by molar-refractivity contribution is -0.128. The summed E-state index contributed by atoms with van der Waals surface area (Å²) in [6, 6.07) is 6.91. The molecule has 3 amide bonds. The molecule has 1 aromatic heterocycles. The number of amides is 3. The van der Waals surface area contributed by atoms with Crippen molar-refractivity contribution in [2.24, 2.45) is 5.11 Å². The van der Waals surface area contributed by atoms with Crippen molar-refractivity contribution < 1.29 is 19.1 Å². The molecule has 31 heavy (non-hydrogen) atoms. The average Bonchev–Trinajstić information content (AvgIpc) is 3.19. The van der Waals surface area contributed by atoms with Crippen molar-refractivity contribution in [3.63, 3.8) is 0 Å². The molecule has 2 aromatic rings. The van der Waals surface area contributed by atoms with Gasteiger partial charge in [0.15, 0.2) is 0 Å². The van der Waals surface area contributed by atoms with Crippen LogP contribution >= 0.6 is 0 Å². The van der Waals surface area contributed by atoms with Crippen LogP contribution in [0.5, 0.6) is 0 Å². The predicted octanol–water partition coefficient (Wildman–Crippen LogP) is 2.41. The summed E-state index contributed by atoms with van der Waals surface area (Å²) in [4.78, 5) is 46.7. The van der Waals surface area contributed by atoms with E-state index < -0.39 is 35.6 Å². The topological polar surface area (TPSA) is 162 Å². The van der Waals surface area contributed by atoms with Crippen LogP contribution in [-0.4, -0.2) is 45.6 Å². The van der Waals surface area contributed by atoms with E-state index in [0.29, 0.717) is 5.69 Å². The van der Waals surface area contributed by atoms with Crippen LogP contribution < -0.4 is 10.6 Å². The smallest absolute Gasteiger partial charge is 0.408 e. The van der Waals surface area contributed by atoms with Crippen molar-refractivity contribution in [3.05, 3.63) is 64.6 Å². The molecule has 0 unspecified atom stereocenters. The van der Waals surface area contributed by atoms with Gasteiger partial charge in [-0.25, -0.2) is 9.78 Å². The number of carbonyl (C=O) groups is 3. The molecular weight excluding hydrogens is 402 g/mol. The quantitative estimate of drug-likeness (QED) is 0.334. The average molecular weight is 427 g/mol. The van der Waals surface area contributed by atoms with Gasteiger partial charge in [0.05, 0.1) is 12.4 Å². The third kappa shape index (κ3) is 8.19. The summed E-state index contributed by atoms with van der Waals surface area (Å²) in [7, 11) is 0. The summed E-state index contributed by atoms with van der Waals surface area (Å²) in [5.41, 5.74) is 9.21. The second-order valence-corrected chi connectivity index (χ2v) is 7.76. The first-order chi connectivity index (χ1) is 14.7. The Morgan fingerprint density at radius 3 is 2.45 bits per heavy atom. The molecule has 0 aliphatic heterocycles. The molecule has 0 aliphatic carbocycles. The van der Waals surface area contributed by atoms with Gasteiger partial charge in [-0.15, -0.1) is 0 Å². The number of nitrogens with one attached hydrogen (secondary N) is 3. The molecule has 0 fully saturated rings. The van der Waals surface area contributed by atoms with Gasteiger partial charge in [0.1, 0.15) is 11.6 Å². The molecule has 1 aromatic carbocycles.